The standard InChI is InChI=1S/C12H12ClFN4O/c1-19-11-7-18(12(15)16-13)17-10(11)6-8-4-2-3-5-9(8)14/h2-5,7H,6H2,1H3,(H2,15,16). The first kappa shape index (κ1) is 13.4. The number of methoxy groups -OCH3 is 1. The van der Waals surface area contributed by atoms with Crippen molar-refractivity contribution < 1.29 is 9.13 Å². The quantitative estimate of drug-likeness (QED) is 0.691. The molecule has 0 spiro atoms. The number of halogens is 2. The number of hydrogen-bond donors (Lipinski definition) is 1. The van der Waals surface area contributed by atoms with Gasteiger partial charge >= 0.3 is 0 Å². The molecule has 0 aliphatic heterocycles. The van der Waals surface area contributed by atoms with E-state index in [0.717, 1.165) is 0 Å². The molecular weight excluding hydrogens is 271 g/mol. The molecule has 0 aliphatic rings. The lowest BCUT2D eigenvalue weighted by molar-refractivity contribution is 0.410. The maximum Gasteiger partial charge on any atom is 0.233 e. The molecule has 0 saturated carbocycles. The van der Waals surface area contributed by atoms with E-state index in [4.69, 9.17) is 22.2 Å². The van der Waals surface area contributed by atoms with Crippen LogP contribution in [-0.4, -0.2) is 22.8 Å². The molecule has 19 heavy (non-hydrogen) atoms. The van der Waals surface area contributed by atoms with Gasteiger partial charge in [-0.1, -0.05) is 18.2 Å². The fourth-order valence-corrected chi connectivity index (χ4v) is 1.74. The monoisotopic (exact) mass is 282 g/mol. The number of ether oxygens (including phenoxy) is 1. The van der Waals surface area contributed by atoms with E-state index in [-0.39, 0.29) is 11.8 Å². The van der Waals surface area contributed by atoms with E-state index in [2.05, 4.69) is 9.61 Å². The maximum absolute atomic E-state index is 13.6. The summed E-state index contributed by atoms with van der Waals surface area (Å²) in [6.45, 7) is 0. The second-order valence-corrected chi connectivity index (χ2v) is 3.97. The molecule has 0 fully saturated rings. The third kappa shape index (κ3) is 2.85. The Morgan fingerprint density at radius 3 is 2.89 bits per heavy atom. The first-order valence-electron chi connectivity index (χ1n) is 5.46. The van der Waals surface area contributed by atoms with Crippen LogP contribution in [0.25, 0.3) is 0 Å². The van der Waals surface area contributed by atoms with Crippen molar-refractivity contribution in [2.75, 3.05) is 7.11 Å². The van der Waals surface area contributed by atoms with Gasteiger partial charge in [0, 0.05) is 18.2 Å². The third-order valence-electron chi connectivity index (χ3n) is 2.61. The molecule has 0 bridgehead atoms. The molecule has 0 aliphatic carbocycles. The van der Waals surface area contributed by atoms with Gasteiger partial charge in [0.05, 0.1) is 13.3 Å². The highest BCUT2D eigenvalue weighted by Gasteiger charge is 2.13. The minimum atomic E-state index is -0.293. The van der Waals surface area contributed by atoms with Crippen LogP contribution in [0.2, 0.25) is 0 Å². The van der Waals surface area contributed by atoms with E-state index in [1.807, 2.05) is 0 Å². The lowest BCUT2D eigenvalue weighted by Crippen LogP contribution is -2.22. The van der Waals surface area contributed by atoms with Gasteiger partial charge in [0.25, 0.3) is 0 Å². The Kier molecular flexibility index (Phi) is 4.01. The fourth-order valence-electron chi connectivity index (χ4n) is 1.67. The summed E-state index contributed by atoms with van der Waals surface area (Å²) < 4.78 is 23.4. The van der Waals surface area contributed by atoms with Crippen molar-refractivity contribution in [3.8, 4) is 5.75 Å². The molecule has 0 radical (unpaired) electrons. The lowest BCUT2D eigenvalue weighted by atomic mass is 10.1. The zero-order valence-electron chi connectivity index (χ0n) is 10.2. The molecule has 2 N–H and O–H groups in total. The Bertz CT molecular complexity index is 612. The maximum atomic E-state index is 13.6. The van der Waals surface area contributed by atoms with Crippen molar-refractivity contribution in [3.05, 3.63) is 47.5 Å². The van der Waals surface area contributed by atoms with Crippen molar-refractivity contribution in [1.82, 2.24) is 9.78 Å². The van der Waals surface area contributed by atoms with Crippen molar-refractivity contribution >= 4 is 17.7 Å². The van der Waals surface area contributed by atoms with E-state index >= 15 is 0 Å². The molecule has 7 heteroatoms. The lowest BCUT2D eigenvalue weighted by Gasteiger charge is -2.02. The van der Waals surface area contributed by atoms with Crippen molar-refractivity contribution in [3.63, 3.8) is 0 Å². The average Bonchev–Trinajstić information content (AvgIpc) is 2.83. The van der Waals surface area contributed by atoms with Gasteiger partial charge in [0.15, 0.2) is 5.75 Å². The Morgan fingerprint density at radius 1 is 1.53 bits per heavy atom. The Morgan fingerprint density at radius 2 is 2.26 bits per heavy atom. The fraction of sp³-hybridized carbons (Fsp3) is 0.167. The van der Waals surface area contributed by atoms with Gasteiger partial charge in [-0.25, -0.2) is 9.07 Å². The van der Waals surface area contributed by atoms with Crippen molar-refractivity contribution in [1.29, 1.82) is 0 Å². The number of aromatic nitrogens is 2. The van der Waals surface area contributed by atoms with E-state index in [1.54, 1.807) is 18.2 Å². The molecule has 2 aromatic rings. The molecule has 100 valence electrons. The first-order chi connectivity index (χ1) is 9.15. The Hall–Kier alpha value is -2.08. The molecule has 1 aromatic heterocycles. The first-order valence-corrected chi connectivity index (χ1v) is 5.80. The normalized spacial score (nSPS) is 11.6. The van der Waals surface area contributed by atoms with Crippen LogP contribution in [0.4, 0.5) is 4.39 Å². The van der Waals surface area contributed by atoms with Gasteiger partial charge in [0.2, 0.25) is 5.96 Å². The third-order valence-corrected chi connectivity index (χ3v) is 2.78. The summed E-state index contributed by atoms with van der Waals surface area (Å²) in [6, 6.07) is 6.48. The number of hydrogen-bond acceptors (Lipinski definition) is 3. The number of nitrogens with two attached hydrogens (primary N) is 1. The topological polar surface area (TPSA) is 65.4 Å². The van der Waals surface area contributed by atoms with Crippen LogP contribution in [0.15, 0.2) is 35.0 Å². The number of benzene rings is 1. The van der Waals surface area contributed by atoms with Gasteiger partial charge < -0.3 is 10.5 Å². The molecule has 0 saturated heterocycles. The van der Waals surface area contributed by atoms with E-state index in [1.165, 1.54) is 24.1 Å². The second kappa shape index (κ2) is 5.71. The number of rotatable bonds is 3. The van der Waals surface area contributed by atoms with Gasteiger partial charge in [-0.3, -0.25) is 0 Å². The minimum absolute atomic E-state index is 0.0137. The van der Waals surface area contributed by atoms with E-state index < -0.39 is 0 Å². The van der Waals surface area contributed by atoms with Gasteiger partial charge in [0.1, 0.15) is 11.5 Å². The SMILES string of the molecule is COc1cn(C(N)=NCl)nc1Cc1ccccc1F. The highest BCUT2D eigenvalue weighted by Crippen LogP contribution is 2.21. The van der Waals surface area contributed by atoms with Crippen molar-refractivity contribution in [2.45, 2.75) is 6.42 Å². The molecular formula is C12H12ClFN4O. The summed E-state index contributed by atoms with van der Waals surface area (Å²) in [5, 5.41) is 4.17. The van der Waals surface area contributed by atoms with Crippen LogP contribution in [-0.2, 0) is 6.42 Å². The van der Waals surface area contributed by atoms with Gasteiger partial charge in [-0.2, -0.15) is 5.10 Å². The predicted molar refractivity (Wildman–Crippen MR) is 70.9 cm³/mol. The Balaban J connectivity index is 2.35. The highest BCUT2D eigenvalue weighted by atomic mass is 35.5. The minimum Gasteiger partial charge on any atom is -0.493 e. The van der Waals surface area contributed by atoms with Gasteiger partial charge in [-0.15, -0.1) is 4.51 Å². The predicted octanol–water partition coefficient (Wildman–Crippen LogP) is 1.94. The zero-order valence-corrected chi connectivity index (χ0v) is 10.9. The summed E-state index contributed by atoms with van der Waals surface area (Å²) in [7, 11) is 1.50. The smallest absolute Gasteiger partial charge is 0.233 e. The van der Waals surface area contributed by atoms with Crippen LogP contribution < -0.4 is 10.5 Å². The number of nitrogens with zero attached hydrogens (tertiary/aromatic N) is 3. The molecule has 5 nitrogen and oxygen atoms in total. The zero-order chi connectivity index (χ0) is 13.8. The molecule has 0 unspecified atom stereocenters. The van der Waals surface area contributed by atoms with Crippen LogP contribution in [0.1, 0.15) is 11.3 Å². The summed E-state index contributed by atoms with van der Waals surface area (Å²) in [5.41, 5.74) is 6.62. The second-order valence-electron chi connectivity index (χ2n) is 3.80. The van der Waals surface area contributed by atoms with Crippen LogP contribution in [0.5, 0.6) is 5.75 Å². The van der Waals surface area contributed by atoms with E-state index in [9.17, 15) is 4.39 Å². The summed E-state index contributed by atoms with van der Waals surface area (Å²) in [6.07, 6.45) is 1.83. The summed E-state index contributed by atoms with van der Waals surface area (Å²) in [5.74, 6) is 0.212. The molecule has 2 rings (SSSR count). The largest absolute Gasteiger partial charge is 0.493 e. The molecule has 1 heterocycles. The average molecular weight is 283 g/mol. The summed E-state index contributed by atoms with van der Waals surface area (Å²) in [4.78, 5) is 0. The highest BCUT2D eigenvalue weighted by molar-refractivity contribution is 6.19. The van der Waals surface area contributed by atoms with Crippen molar-refractivity contribution in [2.24, 2.45) is 10.2 Å². The van der Waals surface area contributed by atoms with Crippen LogP contribution in [0.3, 0.4) is 0 Å². The van der Waals surface area contributed by atoms with Gasteiger partial charge in [-0.05, 0) is 11.6 Å². The van der Waals surface area contributed by atoms with E-state index in [0.29, 0.717) is 23.4 Å². The Labute approximate surface area is 114 Å². The molecule has 1 aromatic carbocycles. The molecule has 0 amide bonds. The van der Waals surface area contributed by atoms with Crippen LogP contribution >= 0.6 is 11.8 Å². The van der Waals surface area contributed by atoms with Crippen LogP contribution in [0, 0.1) is 5.82 Å². The summed E-state index contributed by atoms with van der Waals surface area (Å²) >= 11 is 5.28. The molecule has 0 atom stereocenters.